The Bertz CT molecular complexity index is 1090. The summed E-state index contributed by atoms with van der Waals surface area (Å²) in [6.45, 7) is 14.5. The summed E-state index contributed by atoms with van der Waals surface area (Å²) in [6, 6.07) is 0. The normalized spacial score (nSPS) is 42.8. The first-order valence-corrected chi connectivity index (χ1v) is 13.1. The van der Waals surface area contributed by atoms with E-state index in [4.69, 9.17) is 18.9 Å². The molecule has 0 heterocycles. The van der Waals surface area contributed by atoms with E-state index in [1.807, 2.05) is 0 Å². The molecule has 0 saturated heterocycles. The molecule has 4 aliphatic rings. The Morgan fingerprint density at radius 3 is 1.97 bits per heavy atom. The van der Waals surface area contributed by atoms with Gasteiger partial charge in [0, 0.05) is 62.2 Å². The van der Waals surface area contributed by atoms with Crippen LogP contribution in [0.4, 0.5) is 0 Å². The standard InChI is InChI=1S/C28H38O10/c1-12-17-9-19(35-13(2)29)22-27(8)21(18(33)11-28(22,10-17)24(12)37-15(4)31)26(6,7)25(38-16(5)32)20(23(27)34)36-14(3)30/h17,19-25,34H,1,9-11H2,2-8H3/t17-,19+,20+,21-,22+,23+,24-,25+,27-,28+/m1/s1. The summed E-state index contributed by atoms with van der Waals surface area (Å²) in [4.78, 5) is 63.0. The van der Waals surface area contributed by atoms with Crippen molar-refractivity contribution in [3.8, 4) is 0 Å². The van der Waals surface area contributed by atoms with Crippen molar-refractivity contribution >= 4 is 29.7 Å². The third-order valence-electron chi connectivity index (χ3n) is 9.56. The molecule has 0 radical (unpaired) electrons. The van der Waals surface area contributed by atoms with Crippen LogP contribution in [0, 0.1) is 34.0 Å². The third kappa shape index (κ3) is 3.98. The Morgan fingerprint density at radius 1 is 0.895 bits per heavy atom. The molecule has 0 aromatic carbocycles. The molecular weight excluding hydrogens is 496 g/mol. The quantitative estimate of drug-likeness (QED) is 0.324. The number of carbonyl (C=O) groups is 5. The lowest BCUT2D eigenvalue weighted by Crippen LogP contribution is -2.75. The minimum Gasteiger partial charge on any atom is -0.462 e. The molecule has 4 fully saturated rings. The van der Waals surface area contributed by atoms with Gasteiger partial charge in [0.05, 0.1) is 0 Å². The van der Waals surface area contributed by atoms with Gasteiger partial charge in [-0.2, -0.15) is 0 Å². The Labute approximate surface area is 222 Å². The lowest BCUT2D eigenvalue weighted by atomic mass is 9.38. The molecule has 0 aromatic rings. The van der Waals surface area contributed by atoms with Gasteiger partial charge in [-0.25, -0.2) is 0 Å². The number of rotatable bonds is 4. The summed E-state index contributed by atoms with van der Waals surface area (Å²) < 4.78 is 22.9. The fourth-order valence-electron chi connectivity index (χ4n) is 8.92. The predicted molar refractivity (Wildman–Crippen MR) is 131 cm³/mol. The summed E-state index contributed by atoms with van der Waals surface area (Å²) in [5.74, 6) is -4.25. The fourth-order valence-corrected chi connectivity index (χ4v) is 8.92. The average molecular weight is 535 g/mol. The van der Waals surface area contributed by atoms with Crippen LogP contribution in [-0.4, -0.2) is 65.3 Å². The van der Waals surface area contributed by atoms with Crippen molar-refractivity contribution in [2.24, 2.45) is 34.0 Å². The number of esters is 4. The molecule has 4 rings (SSSR count). The Hall–Kier alpha value is -2.75. The molecule has 4 aliphatic carbocycles. The lowest BCUT2D eigenvalue weighted by Gasteiger charge is -2.67. The van der Waals surface area contributed by atoms with E-state index in [1.54, 1.807) is 20.8 Å². The van der Waals surface area contributed by atoms with Crippen molar-refractivity contribution in [1.29, 1.82) is 0 Å². The molecule has 210 valence electrons. The summed E-state index contributed by atoms with van der Waals surface area (Å²) in [5.41, 5.74) is -2.72. The predicted octanol–water partition coefficient (Wildman–Crippen LogP) is 2.29. The number of aliphatic hydroxyl groups is 1. The highest BCUT2D eigenvalue weighted by Crippen LogP contribution is 2.72. The average Bonchev–Trinajstić information content (AvgIpc) is 2.94. The molecule has 4 saturated carbocycles. The number of Topliss-reactive ketones (excluding diaryl/α,β-unsaturated/α-hetero) is 1. The van der Waals surface area contributed by atoms with Crippen LogP contribution < -0.4 is 0 Å². The molecule has 10 nitrogen and oxygen atoms in total. The van der Waals surface area contributed by atoms with E-state index in [9.17, 15) is 29.1 Å². The number of carbonyl (C=O) groups excluding carboxylic acids is 5. The summed E-state index contributed by atoms with van der Waals surface area (Å²) in [5, 5.41) is 12.1. The number of aliphatic hydroxyl groups excluding tert-OH is 1. The zero-order chi connectivity index (χ0) is 28.5. The van der Waals surface area contributed by atoms with Crippen LogP contribution in [0.25, 0.3) is 0 Å². The maximum absolute atomic E-state index is 14.2. The molecular formula is C28H38O10. The van der Waals surface area contributed by atoms with Crippen molar-refractivity contribution in [3.05, 3.63) is 12.2 Å². The van der Waals surface area contributed by atoms with Crippen molar-refractivity contribution in [1.82, 2.24) is 0 Å². The van der Waals surface area contributed by atoms with E-state index in [1.165, 1.54) is 27.7 Å². The van der Waals surface area contributed by atoms with Gasteiger partial charge >= 0.3 is 23.9 Å². The van der Waals surface area contributed by atoms with Crippen molar-refractivity contribution < 1.29 is 48.0 Å². The molecule has 38 heavy (non-hydrogen) atoms. The van der Waals surface area contributed by atoms with Crippen molar-refractivity contribution in [3.63, 3.8) is 0 Å². The van der Waals surface area contributed by atoms with E-state index in [2.05, 4.69) is 6.58 Å². The molecule has 0 aliphatic heterocycles. The number of ketones is 1. The molecule has 2 bridgehead atoms. The van der Waals surface area contributed by atoms with Gasteiger partial charge in [0.1, 0.15) is 30.2 Å². The van der Waals surface area contributed by atoms with E-state index >= 15 is 0 Å². The van der Waals surface area contributed by atoms with Gasteiger partial charge in [-0.05, 0) is 24.3 Å². The lowest BCUT2D eigenvalue weighted by molar-refractivity contribution is -0.285. The second-order valence-corrected chi connectivity index (χ2v) is 12.4. The Morgan fingerprint density at radius 2 is 1.45 bits per heavy atom. The van der Waals surface area contributed by atoms with Crippen molar-refractivity contribution in [2.45, 2.75) is 98.2 Å². The highest BCUT2D eigenvalue weighted by Gasteiger charge is 2.77. The van der Waals surface area contributed by atoms with Gasteiger partial charge in [0.15, 0.2) is 6.10 Å². The fraction of sp³-hybridized carbons (Fsp3) is 0.750. The van der Waals surface area contributed by atoms with Gasteiger partial charge in [-0.1, -0.05) is 27.4 Å². The molecule has 0 amide bonds. The molecule has 10 atom stereocenters. The minimum absolute atomic E-state index is 0.00429. The zero-order valence-corrected chi connectivity index (χ0v) is 23.1. The Kier molecular flexibility index (Phi) is 6.82. The molecule has 1 N–H and O–H groups in total. The van der Waals surface area contributed by atoms with E-state index in [0.717, 1.165) is 0 Å². The second kappa shape index (κ2) is 9.17. The SMILES string of the molecule is C=C1[C@@H]2C[C@H](OC(C)=O)[C@@H]3[C@@](CC(=O)[C@@H]4C(C)(C)[C@@H](OC(C)=O)[C@@H](OC(C)=O)[C@H](O)[C@]43C)(C2)[C@@H]1OC(C)=O. The highest BCUT2D eigenvalue weighted by atomic mass is 16.6. The third-order valence-corrected chi connectivity index (χ3v) is 9.56. The van der Waals surface area contributed by atoms with E-state index in [0.29, 0.717) is 18.4 Å². The smallest absolute Gasteiger partial charge is 0.303 e. The largest absolute Gasteiger partial charge is 0.462 e. The maximum Gasteiger partial charge on any atom is 0.303 e. The number of fused-ring (bicyclic) bond motifs is 3. The molecule has 10 heteroatoms. The number of hydrogen-bond acceptors (Lipinski definition) is 10. The Balaban J connectivity index is 1.97. The van der Waals surface area contributed by atoms with Gasteiger partial charge in [-0.15, -0.1) is 0 Å². The first kappa shape index (κ1) is 28.3. The van der Waals surface area contributed by atoms with E-state index in [-0.39, 0.29) is 18.1 Å². The van der Waals surface area contributed by atoms with Crippen LogP contribution in [0.15, 0.2) is 12.2 Å². The first-order chi connectivity index (χ1) is 17.5. The van der Waals surface area contributed by atoms with Gasteiger partial charge in [0.2, 0.25) is 0 Å². The monoisotopic (exact) mass is 534 g/mol. The van der Waals surface area contributed by atoms with Crippen LogP contribution >= 0.6 is 0 Å². The van der Waals surface area contributed by atoms with Gasteiger partial charge in [0.25, 0.3) is 0 Å². The minimum atomic E-state index is -1.47. The van der Waals surface area contributed by atoms with Gasteiger partial charge in [-0.3, -0.25) is 24.0 Å². The van der Waals surface area contributed by atoms with Crippen LogP contribution in [0.2, 0.25) is 0 Å². The number of ether oxygens (including phenoxy) is 4. The van der Waals surface area contributed by atoms with Crippen LogP contribution in [0.5, 0.6) is 0 Å². The zero-order valence-electron chi connectivity index (χ0n) is 23.1. The molecule has 0 aromatic heterocycles. The van der Waals surface area contributed by atoms with Crippen LogP contribution in [-0.2, 0) is 42.9 Å². The van der Waals surface area contributed by atoms with Crippen molar-refractivity contribution in [2.75, 3.05) is 0 Å². The summed E-state index contributed by atoms with van der Waals surface area (Å²) in [7, 11) is 0. The molecule has 0 unspecified atom stereocenters. The molecule has 1 spiro atoms. The van der Waals surface area contributed by atoms with Gasteiger partial charge < -0.3 is 24.1 Å². The number of hydrogen-bond donors (Lipinski definition) is 1. The maximum atomic E-state index is 14.2. The highest BCUT2D eigenvalue weighted by molar-refractivity contribution is 5.86. The first-order valence-electron chi connectivity index (χ1n) is 13.1. The topological polar surface area (TPSA) is 143 Å². The summed E-state index contributed by atoms with van der Waals surface area (Å²) >= 11 is 0. The van der Waals surface area contributed by atoms with Crippen LogP contribution in [0.1, 0.15) is 67.7 Å². The second-order valence-electron chi connectivity index (χ2n) is 12.4. The van der Waals surface area contributed by atoms with E-state index < -0.39 is 82.5 Å². The summed E-state index contributed by atoms with van der Waals surface area (Å²) in [6.07, 6.45) is -4.55. The van der Waals surface area contributed by atoms with Crippen LogP contribution in [0.3, 0.4) is 0 Å².